The number of carbonyl (C=O) groups is 1. The Morgan fingerprint density at radius 2 is 2.08 bits per heavy atom. The maximum absolute atomic E-state index is 10.9. The van der Waals surface area contributed by atoms with Gasteiger partial charge in [0.1, 0.15) is 18.3 Å². The van der Waals surface area contributed by atoms with Crippen molar-refractivity contribution in [1.82, 2.24) is 0 Å². The van der Waals surface area contributed by atoms with Crippen LogP contribution < -0.4 is 0 Å². The molecule has 0 saturated carbocycles. The molecular weight excluding hydrogens is 192 g/mol. The third kappa shape index (κ3) is 1.74. The van der Waals surface area contributed by atoms with Crippen molar-refractivity contribution in [3.63, 3.8) is 0 Å². The van der Waals surface area contributed by atoms with Gasteiger partial charge in [-0.15, -0.1) is 0 Å². The van der Waals surface area contributed by atoms with Crippen LogP contribution in [-0.4, -0.2) is 47.0 Å². The SMILES string of the molecule is CC(=O)S[C@@H]1CO[C@H]2[C@@H]1OC[C@H]2O. The molecule has 13 heavy (non-hydrogen) atoms. The molecule has 4 nitrogen and oxygen atoms in total. The van der Waals surface area contributed by atoms with Gasteiger partial charge in [0.05, 0.1) is 18.5 Å². The summed E-state index contributed by atoms with van der Waals surface area (Å²) in [4.78, 5) is 10.9. The van der Waals surface area contributed by atoms with E-state index in [-0.39, 0.29) is 22.6 Å². The van der Waals surface area contributed by atoms with Crippen LogP contribution >= 0.6 is 11.8 Å². The molecule has 0 amide bonds. The van der Waals surface area contributed by atoms with Crippen LogP contribution in [0.5, 0.6) is 0 Å². The van der Waals surface area contributed by atoms with Gasteiger partial charge < -0.3 is 14.6 Å². The largest absolute Gasteiger partial charge is 0.388 e. The van der Waals surface area contributed by atoms with E-state index in [9.17, 15) is 9.90 Å². The molecule has 0 bridgehead atoms. The highest BCUT2D eigenvalue weighted by atomic mass is 32.2. The number of carbonyl (C=O) groups excluding carboxylic acids is 1. The lowest BCUT2D eigenvalue weighted by Crippen LogP contribution is -2.30. The lowest BCUT2D eigenvalue weighted by atomic mass is 10.1. The van der Waals surface area contributed by atoms with Crippen molar-refractivity contribution < 1.29 is 19.4 Å². The minimum Gasteiger partial charge on any atom is -0.388 e. The third-order valence-electron chi connectivity index (χ3n) is 2.30. The first kappa shape index (κ1) is 9.45. The molecule has 74 valence electrons. The molecule has 1 N–H and O–H groups in total. The number of aliphatic hydroxyl groups is 1. The standard InChI is InChI=1S/C8H12O4S/c1-4(9)13-6-3-12-7-5(10)2-11-8(6)7/h5-8,10H,2-3H2,1H3/t5-,6-,7-,8-/m1/s1. The maximum Gasteiger partial charge on any atom is 0.186 e. The van der Waals surface area contributed by atoms with Gasteiger partial charge in [0, 0.05) is 6.92 Å². The second-order valence-corrected chi connectivity index (χ2v) is 4.73. The fraction of sp³-hybridized carbons (Fsp3) is 0.875. The van der Waals surface area contributed by atoms with Crippen LogP contribution in [0.25, 0.3) is 0 Å². The number of ether oxygens (including phenoxy) is 2. The van der Waals surface area contributed by atoms with Crippen molar-refractivity contribution in [3.8, 4) is 0 Å². The monoisotopic (exact) mass is 204 g/mol. The highest BCUT2D eigenvalue weighted by Crippen LogP contribution is 2.33. The van der Waals surface area contributed by atoms with Gasteiger partial charge >= 0.3 is 0 Å². The van der Waals surface area contributed by atoms with E-state index in [1.54, 1.807) is 0 Å². The van der Waals surface area contributed by atoms with Gasteiger partial charge in [-0.2, -0.15) is 0 Å². The fourth-order valence-electron chi connectivity index (χ4n) is 1.76. The van der Waals surface area contributed by atoms with Crippen molar-refractivity contribution in [1.29, 1.82) is 0 Å². The zero-order chi connectivity index (χ0) is 9.42. The van der Waals surface area contributed by atoms with Crippen LogP contribution in [0.2, 0.25) is 0 Å². The van der Waals surface area contributed by atoms with E-state index in [1.165, 1.54) is 18.7 Å². The lowest BCUT2D eigenvalue weighted by Gasteiger charge is -2.12. The van der Waals surface area contributed by atoms with Crippen molar-refractivity contribution in [2.75, 3.05) is 13.2 Å². The maximum atomic E-state index is 10.9. The first-order valence-electron chi connectivity index (χ1n) is 4.27. The zero-order valence-corrected chi connectivity index (χ0v) is 8.12. The molecule has 2 fully saturated rings. The highest BCUT2D eigenvalue weighted by Gasteiger charge is 2.47. The first-order valence-corrected chi connectivity index (χ1v) is 5.15. The van der Waals surface area contributed by atoms with Crippen LogP contribution in [0.1, 0.15) is 6.92 Å². The van der Waals surface area contributed by atoms with Crippen molar-refractivity contribution in [2.45, 2.75) is 30.5 Å². The van der Waals surface area contributed by atoms with Crippen molar-refractivity contribution >= 4 is 16.9 Å². The minimum atomic E-state index is -0.525. The number of hydrogen-bond donors (Lipinski definition) is 1. The van der Waals surface area contributed by atoms with Crippen LogP contribution in [0, 0.1) is 0 Å². The van der Waals surface area contributed by atoms with Crippen molar-refractivity contribution in [3.05, 3.63) is 0 Å². The lowest BCUT2D eigenvalue weighted by molar-refractivity contribution is -0.109. The van der Waals surface area contributed by atoms with E-state index in [0.29, 0.717) is 13.2 Å². The van der Waals surface area contributed by atoms with E-state index in [2.05, 4.69) is 0 Å². The Hall–Kier alpha value is -0.100. The van der Waals surface area contributed by atoms with E-state index >= 15 is 0 Å². The van der Waals surface area contributed by atoms with Gasteiger partial charge in [-0.05, 0) is 0 Å². The summed E-state index contributed by atoms with van der Waals surface area (Å²) in [5.41, 5.74) is 0. The average molecular weight is 204 g/mol. The summed E-state index contributed by atoms with van der Waals surface area (Å²) in [6, 6.07) is 0. The van der Waals surface area contributed by atoms with Crippen molar-refractivity contribution in [2.24, 2.45) is 0 Å². The Kier molecular flexibility index (Phi) is 2.60. The van der Waals surface area contributed by atoms with Gasteiger partial charge in [0.25, 0.3) is 0 Å². The van der Waals surface area contributed by atoms with Gasteiger partial charge in [0.2, 0.25) is 0 Å². The van der Waals surface area contributed by atoms with E-state index in [4.69, 9.17) is 9.47 Å². The van der Waals surface area contributed by atoms with Crippen LogP contribution in [0.4, 0.5) is 0 Å². The molecule has 0 aliphatic carbocycles. The predicted octanol–water partition coefficient (Wildman–Crippen LogP) is -0.207. The van der Waals surface area contributed by atoms with E-state index in [1.807, 2.05) is 0 Å². The predicted molar refractivity (Wildman–Crippen MR) is 47.5 cm³/mol. The Morgan fingerprint density at radius 3 is 2.77 bits per heavy atom. The molecule has 2 aliphatic rings. The van der Waals surface area contributed by atoms with Gasteiger partial charge in [-0.3, -0.25) is 4.79 Å². The molecule has 0 aromatic rings. The summed E-state index contributed by atoms with van der Waals surface area (Å²) >= 11 is 1.24. The summed E-state index contributed by atoms with van der Waals surface area (Å²) in [7, 11) is 0. The summed E-state index contributed by atoms with van der Waals surface area (Å²) in [6.45, 7) is 2.35. The first-order chi connectivity index (χ1) is 6.18. The second kappa shape index (κ2) is 3.57. The molecule has 2 heterocycles. The highest BCUT2D eigenvalue weighted by molar-refractivity contribution is 8.14. The summed E-state index contributed by atoms with van der Waals surface area (Å²) in [6.07, 6.45) is -0.858. The summed E-state index contributed by atoms with van der Waals surface area (Å²) in [5, 5.41) is 9.53. The number of thioether (sulfide) groups is 1. The fourth-order valence-corrected chi connectivity index (χ4v) is 2.70. The van der Waals surface area contributed by atoms with Crippen LogP contribution in [-0.2, 0) is 14.3 Å². The molecule has 0 spiro atoms. The number of hydrogen-bond acceptors (Lipinski definition) is 5. The van der Waals surface area contributed by atoms with Gasteiger partial charge in [0.15, 0.2) is 5.12 Å². The normalized spacial score (nSPS) is 43.5. The van der Waals surface area contributed by atoms with E-state index < -0.39 is 6.10 Å². The quantitative estimate of drug-likeness (QED) is 0.640. The number of fused-ring (bicyclic) bond motifs is 1. The van der Waals surface area contributed by atoms with Gasteiger partial charge in [-0.25, -0.2) is 0 Å². The second-order valence-electron chi connectivity index (χ2n) is 3.31. The van der Waals surface area contributed by atoms with Crippen LogP contribution in [0.15, 0.2) is 0 Å². The molecule has 4 atom stereocenters. The topological polar surface area (TPSA) is 55.8 Å². The molecule has 2 aliphatic heterocycles. The Morgan fingerprint density at radius 1 is 1.38 bits per heavy atom. The summed E-state index contributed by atoms with van der Waals surface area (Å²) in [5.74, 6) is 0. The van der Waals surface area contributed by atoms with Gasteiger partial charge in [-0.1, -0.05) is 11.8 Å². The average Bonchev–Trinajstić information content (AvgIpc) is 2.56. The molecule has 0 aromatic carbocycles. The van der Waals surface area contributed by atoms with E-state index in [0.717, 1.165) is 0 Å². The molecule has 5 heteroatoms. The van der Waals surface area contributed by atoms with Crippen LogP contribution in [0.3, 0.4) is 0 Å². The molecule has 2 rings (SSSR count). The Bertz CT molecular complexity index is 220. The Labute approximate surface area is 80.6 Å². The molecule has 2 saturated heterocycles. The Balaban J connectivity index is 1.98. The molecule has 0 aromatic heterocycles. The zero-order valence-electron chi connectivity index (χ0n) is 7.30. The smallest absolute Gasteiger partial charge is 0.186 e. The molecule has 0 unspecified atom stereocenters. The minimum absolute atomic E-state index is 0.0552. The third-order valence-corrected chi connectivity index (χ3v) is 3.34. The molecular formula is C8H12O4S. The molecule has 0 radical (unpaired) electrons. The number of rotatable bonds is 1. The number of aliphatic hydroxyl groups excluding tert-OH is 1. The summed E-state index contributed by atoms with van der Waals surface area (Å²) < 4.78 is 10.7.